The summed E-state index contributed by atoms with van der Waals surface area (Å²) in [5.74, 6) is -1.47. The lowest BCUT2D eigenvalue weighted by molar-refractivity contribution is -0.143. The van der Waals surface area contributed by atoms with E-state index in [-0.39, 0.29) is 30.2 Å². The average Bonchev–Trinajstić information content (AvgIpc) is 3.08. The maximum Gasteiger partial charge on any atom is 0.250 e. The van der Waals surface area contributed by atoms with Gasteiger partial charge in [-0.3, -0.25) is 19.2 Å². The van der Waals surface area contributed by atoms with Crippen LogP contribution in [0.25, 0.3) is 0 Å². The van der Waals surface area contributed by atoms with Crippen molar-refractivity contribution in [3.05, 3.63) is 120 Å². The van der Waals surface area contributed by atoms with E-state index in [1.807, 2.05) is 80.6 Å². The monoisotopic (exact) mass is 623 g/mol. The first-order chi connectivity index (χ1) is 22.2. The number of nitrogens with zero attached hydrogens (tertiary/aromatic N) is 2. The van der Waals surface area contributed by atoms with Crippen LogP contribution in [0, 0.1) is 5.92 Å². The number of rotatable bonds is 14. The van der Waals surface area contributed by atoms with Crippen molar-refractivity contribution >= 4 is 23.6 Å². The number of hydrogen-bond donors (Lipinski definition) is 3. The zero-order chi connectivity index (χ0) is 33.1. The smallest absolute Gasteiger partial charge is 0.250 e. The fourth-order valence-electron chi connectivity index (χ4n) is 5.58. The zero-order valence-electron chi connectivity index (χ0n) is 27.1. The van der Waals surface area contributed by atoms with Gasteiger partial charge >= 0.3 is 0 Å². The Morgan fingerprint density at radius 3 is 1.89 bits per heavy atom. The largest absolute Gasteiger partial charge is 0.345 e. The molecule has 0 bridgehead atoms. The number of likely N-dealkylation sites (N-methyl/N-ethyl adjacent to an activating group) is 1. The molecule has 4 amide bonds. The standard InChI is InChI=1S/C37H45N5O4/c1-26(2)34(40-35(44)27(3)38-4)36(45)39-25-33(43)42-23-22-41(37(46)32(42)24-28-14-8-5-9-15-28)21-20-31(29-16-10-6-11-17-29)30-18-12-7-13-19-30/h5-19,22-23,26-27,31-32,34,38H,20-21,24-25H2,1-4H3,(H,39,45)(H,40,44)/t27-,32-,34-/m0/s1. The van der Waals surface area contributed by atoms with Gasteiger partial charge in [0.15, 0.2) is 0 Å². The van der Waals surface area contributed by atoms with E-state index in [4.69, 9.17) is 0 Å². The molecular weight excluding hydrogens is 578 g/mol. The molecule has 3 N–H and O–H groups in total. The van der Waals surface area contributed by atoms with E-state index in [1.165, 1.54) is 16.0 Å². The van der Waals surface area contributed by atoms with Crippen molar-refractivity contribution in [3.63, 3.8) is 0 Å². The molecule has 0 saturated carbocycles. The van der Waals surface area contributed by atoms with E-state index in [1.54, 1.807) is 31.3 Å². The highest BCUT2D eigenvalue weighted by Gasteiger charge is 2.35. The van der Waals surface area contributed by atoms with Crippen molar-refractivity contribution in [3.8, 4) is 0 Å². The highest BCUT2D eigenvalue weighted by Crippen LogP contribution is 2.29. The van der Waals surface area contributed by atoms with Gasteiger partial charge in [-0.25, -0.2) is 0 Å². The predicted octanol–water partition coefficient (Wildman–Crippen LogP) is 3.83. The molecule has 46 heavy (non-hydrogen) atoms. The van der Waals surface area contributed by atoms with Gasteiger partial charge < -0.3 is 25.8 Å². The van der Waals surface area contributed by atoms with Crippen molar-refractivity contribution in [2.75, 3.05) is 20.1 Å². The summed E-state index contributed by atoms with van der Waals surface area (Å²) < 4.78 is 0. The van der Waals surface area contributed by atoms with E-state index in [0.717, 1.165) is 5.56 Å². The normalized spacial score (nSPS) is 16.0. The van der Waals surface area contributed by atoms with Gasteiger partial charge in [0.05, 0.1) is 12.6 Å². The third-order valence-corrected chi connectivity index (χ3v) is 8.42. The van der Waals surface area contributed by atoms with Crippen LogP contribution in [-0.4, -0.2) is 71.7 Å². The van der Waals surface area contributed by atoms with E-state index >= 15 is 0 Å². The quantitative estimate of drug-likeness (QED) is 0.253. The highest BCUT2D eigenvalue weighted by molar-refractivity contribution is 5.94. The Labute approximate surface area is 272 Å². The molecule has 0 fully saturated rings. The summed E-state index contributed by atoms with van der Waals surface area (Å²) in [7, 11) is 1.67. The van der Waals surface area contributed by atoms with Gasteiger partial charge in [0, 0.05) is 31.3 Å². The summed E-state index contributed by atoms with van der Waals surface area (Å²) in [6, 6.07) is 28.0. The zero-order valence-corrected chi connectivity index (χ0v) is 27.1. The Morgan fingerprint density at radius 1 is 0.783 bits per heavy atom. The lowest BCUT2D eigenvalue weighted by atomic mass is 9.88. The first-order valence-corrected chi connectivity index (χ1v) is 15.9. The molecule has 242 valence electrons. The Morgan fingerprint density at radius 2 is 1.35 bits per heavy atom. The maximum absolute atomic E-state index is 14.0. The summed E-state index contributed by atoms with van der Waals surface area (Å²) >= 11 is 0. The van der Waals surface area contributed by atoms with Crippen molar-refractivity contribution in [2.24, 2.45) is 5.92 Å². The molecule has 0 aliphatic carbocycles. The number of hydrogen-bond acceptors (Lipinski definition) is 5. The summed E-state index contributed by atoms with van der Waals surface area (Å²) in [4.78, 5) is 56.2. The molecule has 1 aliphatic rings. The van der Waals surface area contributed by atoms with Crippen LogP contribution in [0.5, 0.6) is 0 Å². The molecular formula is C37H45N5O4. The minimum atomic E-state index is -0.813. The van der Waals surface area contributed by atoms with Crippen LogP contribution in [0.15, 0.2) is 103 Å². The van der Waals surface area contributed by atoms with Crippen LogP contribution in [0.2, 0.25) is 0 Å². The van der Waals surface area contributed by atoms with Crippen molar-refractivity contribution in [1.82, 2.24) is 25.8 Å². The Hall–Kier alpha value is -4.76. The van der Waals surface area contributed by atoms with Gasteiger partial charge in [-0.2, -0.15) is 0 Å². The third kappa shape index (κ3) is 8.91. The molecule has 9 heteroatoms. The average molecular weight is 624 g/mol. The fourth-order valence-corrected chi connectivity index (χ4v) is 5.58. The molecule has 0 spiro atoms. The van der Waals surface area contributed by atoms with Gasteiger partial charge in [-0.15, -0.1) is 0 Å². The Kier molecular flexibility index (Phi) is 12.3. The van der Waals surface area contributed by atoms with Crippen LogP contribution in [-0.2, 0) is 25.6 Å². The molecule has 9 nitrogen and oxygen atoms in total. The van der Waals surface area contributed by atoms with Crippen molar-refractivity contribution < 1.29 is 19.2 Å². The second-order valence-corrected chi connectivity index (χ2v) is 12.0. The van der Waals surface area contributed by atoms with Gasteiger partial charge in [-0.05, 0) is 43.0 Å². The molecule has 4 rings (SSSR count). The predicted molar refractivity (Wildman–Crippen MR) is 179 cm³/mol. The molecule has 0 radical (unpaired) electrons. The Balaban J connectivity index is 1.50. The number of benzene rings is 3. The van der Waals surface area contributed by atoms with Crippen LogP contribution in [0.4, 0.5) is 0 Å². The number of amides is 4. The number of nitrogens with one attached hydrogen (secondary N) is 3. The van der Waals surface area contributed by atoms with E-state index in [2.05, 4.69) is 40.2 Å². The van der Waals surface area contributed by atoms with Gasteiger partial charge in [0.2, 0.25) is 23.6 Å². The fraction of sp³-hybridized carbons (Fsp3) is 0.351. The summed E-state index contributed by atoms with van der Waals surface area (Å²) in [5.41, 5.74) is 3.27. The minimum Gasteiger partial charge on any atom is -0.345 e. The minimum absolute atomic E-state index is 0.0940. The summed E-state index contributed by atoms with van der Waals surface area (Å²) in [5, 5.41) is 8.30. The lowest BCUT2D eigenvalue weighted by Gasteiger charge is -2.36. The second kappa shape index (κ2) is 16.5. The molecule has 0 aromatic heterocycles. The maximum atomic E-state index is 14.0. The topological polar surface area (TPSA) is 111 Å². The molecule has 3 atom stereocenters. The molecule has 3 aromatic carbocycles. The number of carbonyl (C=O) groups is 4. The first-order valence-electron chi connectivity index (χ1n) is 15.9. The molecule has 1 heterocycles. The van der Waals surface area contributed by atoms with Crippen LogP contribution in [0.3, 0.4) is 0 Å². The van der Waals surface area contributed by atoms with Gasteiger partial charge in [0.25, 0.3) is 0 Å². The van der Waals surface area contributed by atoms with E-state index < -0.39 is 29.9 Å². The SMILES string of the molecule is CN[C@@H](C)C(=O)N[C@H](C(=O)NCC(=O)N1C=CN(CCC(c2ccccc2)c2ccccc2)C(=O)[C@@H]1Cc1ccccc1)C(C)C. The molecule has 3 aromatic rings. The summed E-state index contributed by atoms with van der Waals surface area (Å²) in [6.45, 7) is 5.51. The Bertz CT molecular complexity index is 1440. The van der Waals surface area contributed by atoms with Gasteiger partial charge in [-0.1, -0.05) is 105 Å². The molecule has 0 unspecified atom stereocenters. The first kappa shape index (κ1) is 34.1. The highest BCUT2D eigenvalue weighted by atomic mass is 16.2. The van der Waals surface area contributed by atoms with Crippen LogP contribution >= 0.6 is 0 Å². The third-order valence-electron chi connectivity index (χ3n) is 8.42. The molecule has 1 aliphatic heterocycles. The van der Waals surface area contributed by atoms with E-state index in [9.17, 15) is 19.2 Å². The lowest BCUT2D eigenvalue weighted by Crippen LogP contribution is -2.56. The molecule has 0 saturated heterocycles. The van der Waals surface area contributed by atoms with Crippen molar-refractivity contribution in [1.29, 1.82) is 0 Å². The second-order valence-electron chi connectivity index (χ2n) is 12.0. The van der Waals surface area contributed by atoms with Crippen molar-refractivity contribution in [2.45, 2.75) is 57.7 Å². The van der Waals surface area contributed by atoms with E-state index in [0.29, 0.717) is 19.4 Å². The summed E-state index contributed by atoms with van der Waals surface area (Å²) in [6.07, 6.45) is 4.32. The van der Waals surface area contributed by atoms with Crippen LogP contribution < -0.4 is 16.0 Å². The van der Waals surface area contributed by atoms with Gasteiger partial charge in [0.1, 0.15) is 12.1 Å². The number of carbonyl (C=O) groups excluding carboxylic acids is 4. The van der Waals surface area contributed by atoms with Crippen LogP contribution in [0.1, 0.15) is 49.8 Å².